The lowest BCUT2D eigenvalue weighted by Crippen LogP contribution is -2.05. The predicted molar refractivity (Wildman–Crippen MR) is 150 cm³/mol. The van der Waals surface area contributed by atoms with Crippen LogP contribution in [0.5, 0.6) is 5.75 Å². The van der Waals surface area contributed by atoms with E-state index in [-0.39, 0.29) is 17.4 Å². The molecule has 32 heavy (non-hydrogen) atoms. The summed E-state index contributed by atoms with van der Waals surface area (Å²) in [6.07, 6.45) is 1.70. The monoisotopic (exact) mass is 829 g/mol. The van der Waals surface area contributed by atoms with Gasteiger partial charge in [0.1, 0.15) is 18.2 Å². The van der Waals surface area contributed by atoms with Crippen molar-refractivity contribution in [1.29, 1.82) is 0 Å². The molecule has 0 aromatic heterocycles. The summed E-state index contributed by atoms with van der Waals surface area (Å²) in [4.78, 5) is 16.7. The van der Waals surface area contributed by atoms with E-state index in [0.717, 1.165) is 37.6 Å². The number of esters is 1. The van der Waals surface area contributed by atoms with Crippen molar-refractivity contribution in [3.8, 4) is 5.75 Å². The second-order valence-corrected chi connectivity index (χ2v) is 11.0. The van der Waals surface area contributed by atoms with Gasteiger partial charge in [0, 0.05) is 13.6 Å². The Kier molecular flexibility index (Phi) is 7.88. The first kappa shape index (κ1) is 24.1. The van der Waals surface area contributed by atoms with Crippen LogP contribution in [0.25, 0.3) is 6.08 Å². The number of ether oxygens (including phenoxy) is 2. The molecule has 0 amide bonds. The molecule has 0 saturated heterocycles. The van der Waals surface area contributed by atoms with Crippen molar-refractivity contribution >= 4 is 102 Å². The van der Waals surface area contributed by atoms with Crippen molar-refractivity contribution < 1.29 is 18.7 Å². The molecule has 4 nitrogen and oxygen atoms in total. The summed E-state index contributed by atoms with van der Waals surface area (Å²) in [6.45, 7) is 0.332. The molecule has 0 unspecified atom stereocenters. The molecule has 4 rings (SSSR count). The molecule has 0 aliphatic carbocycles. The number of benzene rings is 3. The Hall–Kier alpha value is -1.06. The Bertz CT molecular complexity index is 1250. The highest BCUT2D eigenvalue weighted by Gasteiger charge is 2.24. The van der Waals surface area contributed by atoms with Gasteiger partial charge in [-0.25, -0.2) is 14.2 Å². The quantitative estimate of drug-likeness (QED) is 0.154. The molecule has 0 fully saturated rings. The topological polar surface area (TPSA) is 47.9 Å². The normalized spacial score (nSPS) is 14.5. The minimum Gasteiger partial charge on any atom is -0.487 e. The molecule has 3 aromatic rings. The summed E-state index contributed by atoms with van der Waals surface area (Å²) in [6, 6.07) is 15.7. The van der Waals surface area contributed by atoms with E-state index in [2.05, 4.69) is 88.7 Å². The smallest absolute Gasteiger partial charge is 0.363 e. The van der Waals surface area contributed by atoms with E-state index in [1.807, 2.05) is 30.3 Å². The fraction of sp³-hybridized carbons (Fsp3) is 0.0435. The van der Waals surface area contributed by atoms with E-state index in [0.29, 0.717) is 6.61 Å². The van der Waals surface area contributed by atoms with E-state index in [1.54, 1.807) is 18.2 Å². The lowest BCUT2D eigenvalue weighted by atomic mass is 10.2. The Morgan fingerprint density at radius 3 is 2.34 bits per heavy atom. The third-order valence-electron chi connectivity index (χ3n) is 4.41. The van der Waals surface area contributed by atoms with Gasteiger partial charge in [-0.15, -0.1) is 0 Å². The minimum atomic E-state index is -0.490. The number of nitrogens with zero attached hydrogens (tertiary/aromatic N) is 1. The minimum absolute atomic E-state index is 0.237. The van der Waals surface area contributed by atoms with Crippen molar-refractivity contribution in [2.24, 2.45) is 4.99 Å². The van der Waals surface area contributed by atoms with Gasteiger partial charge in [-0.1, -0.05) is 12.1 Å². The zero-order valence-corrected chi connectivity index (χ0v) is 24.1. The number of carbonyl (C=O) groups is 1. The maximum atomic E-state index is 13.1. The van der Waals surface area contributed by atoms with Gasteiger partial charge in [0.15, 0.2) is 5.70 Å². The molecule has 9 heteroatoms. The molecule has 0 bridgehead atoms. The fourth-order valence-corrected chi connectivity index (χ4v) is 5.70. The summed E-state index contributed by atoms with van der Waals surface area (Å²) >= 11 is 10.1. The molecular formula is C23H12BrFI3NO3. The van der Waals surface area contributed by atoms with Gasteiger partial charge in [-0.05, 0) is 143 Å². The summed E-state index contributed by atoms with van der Waals surface area (Å²) < 4.78 is 28.1. The Labute approximate surface area is 233 Å². The van der Waals surface area contributed by atoms with Gasteiger partial charge < -0.3 is 9.47 Å². The maximum absolute atomic E-state index is 13.1. The van der Waals surface area contributed by atoms with E-state index < -0.39 is 5.97 Å². The average Bonchev–Trinajstić information content (AvgIpc) is 3.11. The van der Waals surface area contributed by atoms with Crippen molar-refractivity contribution in [2.75, 3.05) is 0 Å². The van der Waals surface area contributed by atoms with Crippen molar-refractivity contribution in [3.63, 3.8) is 0 Å². The molecule has 0 N–H and O–H groups in total. The second-order valence-electron chi connectivity index (χ2n) is 6.69. The zero-order valence-electron chi connectivity index (χ0n) is 16.0. The molecule has 0 saturated carbocycles. The number of halogens is 5. The molecule has 1 aliphatic heterocycles. The number of aliphatic imine (C=N–C) groups is 1. The van der Waals surface area contributed by atoms with Crippen LogP contribution in [-0.2, 0) is 16.1 Å². The van der Waals surface area contributed by atoms with Crippen LogP contribution in [0.4, 0.5) is 4.39 Å². The SMILES string of the molecule is O=C1OC(c2ccc(I)c(Br)c2)=N/C1=C\c1cc(I)c(OCc2ccc(F)cc2)c(I)c1. The van der Waals surface area contributed by atoms with Crippen molar-refractivity contribution in [2.45, 2.75) is 6.61 Å². The van der Waals surface area contributed by atoms with Gasteiger partial charge in [-0.2, -0.15) is 0 Å². The number of hydrogen-bond donors (Lipinski definition) is 0. The largest absolute Gasteiger partial charge is 0.487 e. The first-order chi connectivity index (χ1) is 15.3. The Morgan fingerprint density at radius 2 is 1.69 bits per heavy atom. The lowest BCUT2D eigenvalue weighted by molar-refractivity contribution is -0.129. The zero-order chi connectivity index (χ0) is 22.8. The van der Waals surface area contributed by atoms with Gasteiger partial charge in [0.25, 0.3) is 0 Å². The van der Waals surface area contributed by atoms with Crippen LogP contribution in [0.1, 0.15) is 16.7 Å². The van der Waals surface area contributed by atoms with E-state index in [9.17, 15) is 9.18 Å². The van der Waals surface area contributed by atoms with Gasteiger partial charge in [0.05, 0.1) is 7.14 Å². The molecule has 0 spiro atoms. The molecule has 162 valence electrons. The molecule has 0 atom stereocenters. The number of cyclic esters (lactones) is 1. The molecule has 1 heterocycles. The maximum Gasteiger partial charge on any atom is 0.363 e. The van der Waals surface area contributed by atoms with Crippen LogP contribution in [0, 0.1) is 16.5 Å². The lowest BCUT2D eigenvalue weighted by Gasteiger charge is -2.11. The van der Waals surface area contributed by atoms with Crippen molar-refractivity contribution in [3.05, 3.63) is 98.0 Å². The first-order valence-electron chi connectivity index (χ1n) is 9.14. The third kappa shape index (κ3) is 5.70. The number of rotatable bonds is 5. The average molecular weight is 830 g/mol. The summed E-state index contributed by atoms with van der Waals surface area (Å²) in [5.41, 5.74) is 2.65. The molecule has 0 radical (unpaired) electrons. The highest BCUT2D eigenvalue weighted by atomic mass is 127. The second kappa shape index (κ2) is 10.5. The van der Waals surface area contributed by atoms with E-state index in [1.165, 1.54) is 12.1 Å². The molecular weight excluding hydrogens is 818 g/mol. The Morgan fingerprint density at radius 1 is 1.00 bits per heavy atom. The van der Waals surface area contributed by atoms with Crippen LogP contribution in [0.2, 0.25) is 0 Å². The van der Waals surface area contributed by atoms with Gasteiger partial charge in [-0.3, -0.25) is 0 Å². The number of carbonyl (C=O) groups excluding carboxylic acids is 1. The van der Waals surface area contributed by atoms with Crippen LogP contribution in [0.15, 0.2) is 69.8 Å². The van der Waals surface area contributed by atoms with E-state index in [4.69, 9.17) is 9.47 Å². The van der Waals surface area contributed by atoms with Crippen LogP contribution in [0.3, 0.4) is 0 Å². The van der Waals surface area contributed by atoms with Gasteiger partial charge in [0.2, 0.25) is 5.90 Å². The summed E-state index contributed by atoms with van der Waals surface area (Å²) in [5.74, 6) is 0.249. The highest BCUT2D eigenvalue weighted by molar-refractivity contribution is 14.1. The first-order valence-corrected chi connectivity index (χ1v) is 13.2. The highest BCUT2D eigenvalue weighted by Crippen LogP contribution is 2.31. The van der Waals surface area contributed by atoms with E-state index >= 15 is 0 Å². The van der Waals surface area contributed by atoms with Crippen LogP contribution in [-0.4, -0.2) is 11.9 Å². The fourth-order valence-electron chi connectivity index (χ4n) is 2.86. The van der Waals surface area contributed by atoms with Crippen LogP contribution >= 0.6 is 83.7 Å². The number of hydrogen-bond acceptors (Lipinski definition) is 4. The summed E-state index contributed by atoms with van der Waals surface area (Å²) in [7, 11) is 0. The predicted octanol–water partition coefficient (Wildman–Crippen LogP) is 7.33. The molecule has 1 aliphatic rings. The standard InChI is InChI=1S/C23H12BrFI3NO3/c24-16-10-14(3-6-17(16)26)22-29-20(23(30)32-22)9-13-7-18(27)21(19(28)8-13)31-11-12-1-4-15(25)5-2-12/h1-10H,11H2/b20-9-. The summed E-state index contributed by atoms with van der Waals surface area (Å²) in [5, 5.41) is 0. The van der Waals surface area contributed by atoms with Crippen LogP contribution < -0.4 is 4.74 Å². The van der Waals surface area contributed by atoms with Crippen molar-refractivity contribution in [1.82, 2.24) is 0 Å². The third-order valence-corrected chi connectivity index (χ3v) is 8.35. The molecule has 3 aromatic carbocycles. The Balaban J connectivity index is 1.55. The van der Waals surface area contributed by atoms with Gasteiger partial charge >= 0.3 is 5.97 Å².